The van der Waals surface area contributed by atoms with E-state index in [1.54, 1.807) is 29.1 Å². The van der Waals surface area contributed by atoms with Crippen LogP contribution in [0, 0.1) is 0 Å². The summed E-state index contributed by atoms with van der Waals surface area (Å²) < 4.78 is 30.5. The van der Waals surface area contributed by atoms with E-state index in [0.29, 0.717) is 17.4 Å². The number of nitrogens with one attached hydrogen (secondary N) is 1. The SMILES string of the molecule is O=C(Nc1ccn(Cc2ccc(Cl)cc2)n1)c1cccc(OC(F)F)c1. The summed E-state index contributed by atoms with van der Waals surface area (Å²) in [6, 6.07) is 14.6. The van der Waals surface area contributed by atoms with Crippen LogP contribution in [-0.4, -0.2) is 22.3 Å². The number of hydrogen-bond acceptors (Lipinski definition) is 3. The summed E-state index contributed by atoms with van der Waals surface area (Å²) in [7, 11) is 0. The van der Waals surface area contributed by atoms with Gasteiger partial charge in [0.15, 0.2) is 5.82 Å². The summed E-state index contributed by atoms with van der Waals surface area (Å²) in [6.45, 7) is -2.43. The summed E-state index contributed by atoms with van der Waals surface area (Å²) in [5.74, 6) is -0.202. The number of alkyl halides is 2. The van der Waals surface area contributed by atoms with Gasteiger partial charge in [-0.05, 0) is 35.9 Å². The smallest absolute Gasteiger partial charge is 0.387 e. The third-order valence-corrected chi connectivity index (χ3v) is 3.71. The molecule has 0 spiro atoms. The van der Waals surface area contributed by atoms with Gasteiger partial charge in [0.2, 0.25) is 0 Å². The third kappa shape index (κ3) is 4.80. The number of halogens is 3. The molecular formula is C18H14ClF2N3O2. The van der Waals surface area contributed by atoms with Crippen molar-refractivity contribution in [1.29, 1.82) is 0 Å². The fraction of sp³-hybridized carbons (Fsp3) is 0.111. The topological polar surface area (TPSA) is 56.2 Å². The Morgan fingerprint density at radius 2 is 1.96 bits per heavy atom. The number of anilines is 1. The Bertz CT molecular complexity index is 897. The normalized spacial score (nSPS) is 10.8. The van der Waals surface area contributed by atoms with Crippen molar-refractivity contribution in [3.63, 3.8) is 0 Å². The summed E-state index contributed by atoms with van der Waals surface area (Å²) in [5, 5.41) is 7.54. The van der Waals surface area contributed by atoms with E-state index in [-0.39, 0.29) is 11.3 Å². The lowest BCUT2D eigenvalue weighted by Crippen LogP contribution is -2.13. The lowest BCUT2D eigenvalue weighted by molar-refractivity contribution is -0.0498. The maximum atomic E-state index is 12.3. The van der Waals surface area contributed by atoms with E-state index in [0.717, 1.165) is 5.56 Å². The lowest BCUT2D eigenvalue weighted by atomic mass is 10.2. The molecule has 0 fully saturated rings. The zero-order chi connectivity index (χ0) is 18.5. The molecule has 0 atom stereocenters. The number of benzene rings is 2. The Morgan fingerprint density at radius 3 is 2.69 bits per heavy atom. The molecule has 134 valence electrons. The predicted molar refractivity (Wildman–Crippen MR) is 93.8 cm³/mol. The van der Waals surface area contributed by atoms with Crippen molar-refractivity contribution in [2.24, 2.45) is 0 Å². The second kappa shape index (κ2) is 7.97. The molecule has 2 aromatic carbocycles. The minimum atomic E-state index is -2.95. The first kappa shape index (κ1) is 17.9. The Labute approximate surface area is 153 Å². The molecule has 0 radical (unpaired) electrons. The van der Waals surface area contributed by atoms with Crippen LogP contribution in [-0.2, 0) is 6.54 Å². The fourth-order valence-electron chi connectivity index (χ4n) is 2.30. The Kier molecular flexibility index (Phi) is 5.48. The second-order valence-corrected chi connectivity index (χ2v) is 5.82. The molecule has 1 aromatic heterocycles. The third-order valence-electron chi connectivity index (χ3n) is 3.46. The Morgan fingerprint density at radius 1 is 1.19 bits per heavy atom. The first-order valence-corrected chi connectivity index (χ1v) is 8.01. The standard InChI is InChI=1S/C18H14ClF2N3O2/c19-14-6-4-12(5-7-14)11-24-9-8-16(23-24)22-17(25)13-2-1-3-15(10-13)26-18(20)21/h1-10,18H,11H2,(H,22,23,25). The molecule has 1 N–H and O–H groups in total. The molecule has 1 amide bonds. The molecular weight excluding hydrogens is 364 g/mol. The fourth-order valence-corrected chi connectivity index (χ4v) is 2.42. The zero-order valence-electron chi connectivity index (χ0n) is 13.4. The van der Waals surface area contributed by atoms with Gasteiger partial charge >= 0.3 is 6.61 Å². The molecule has 0 aliphatic heterocycles. The molecule has 0 saturated carbocycles. The molecule has 0 aliphatic carbocycles. The van der Waals surface area contributed by atoms with Crippen LogP contribution in [0.25, 0.3) is 0 Å². The van der Waals surface area contributed by atoms with Gasteiger partial charge in [-0.15, -0.1) is 0 Å². The van der Waals surface area contributed by atoms with Gasteiger partial charge in [0.05, 0.1) is 6.54 Å². The maximum absolute atomic E-state index is 12.3. The molecule has 0 unspecified atom stereocenters. The van der Waals surface area contributed by atoms with E-state index >= 15 is 0 Å². The Hall–Kier alpha value is -2.93. The molecule has 1 heterocycles. The van der Waals surface area contributed by atoms with Crippen LogP contribution >= 0.6 is 11.6 Å². The lowest BCUT2D eigenvalue weighted by Gasteiger charge is -2.07. The molecule has 26 heavy (non-hydrogen) atoms. The Balaban J connectivity index is 1.65. The van der Waals surface area contributed by atoms with E-state index in [2.05, 4.69) is 15.2 Å². The highest BCUT2D eigenvalue weighted by Crippen LogP contribution is 2.17. The van der Waals surface area contributed by atoms with Crippen molar-refractivity contribution in [3.8, 4) is 5.75 Å². The van der Waals surface area contributed by atoms with Crippen LogP contribution in [0.3, 0.4) is 0 Å². The minimum Gasteiger partial charge on any atom is -0.435 e. The largest absolute Gasteiger partial charge is 0.435 e. The van der Waals surface area contributed by atoms with Crippen LogP contribution in [0.4, 0.5) is 14.6 Å². The first-order chi connectivity index (χ1) is 12.5. The number of carbonyl (C=O) groups excluding carboxylic acids is 1. The quantitative estimate of drug-likeness (QED) is 0.691. The van der Waals surface area contributed by atoms with E-state index in [1.807, 2.05) is 12.1 Å². The van der Waals surface area contributed by atoms with Crippen LogP contribution < -0.4 is 10.1 Å². The molecule has 3 aromatic rings. The van der Waals surface area contributed by atoms with Gasteiger partial charge < -0.3 is 10.1 Å². The highest BCUT2D eigenvalue weighted by Gasteiger charge is 2.11. The van der Waals surface area contributed by atoms with E-state index in [9.17, 15) is 13.6 Å². The van der Waals surface area contributed by atoms with Gasteiger partial charge in [0.1, 0.15) is 5.75 Å². The monoisotopic (exact) mass is 377 g/mol. The molecule has 5 nitrogen and oxygen atoms in total. The van der Waals surface area contributed by atoms with Crippen molar-refractivity contribution in [2.45, 2.75) is 13.2 Å². The van der Waals surface area contributed by atoms with Gasteiger partial charge in [0.25, 0.3) is 5.91 Å². The van der Waals surface area contributed by atoms with E-state index < -0.39 is 12.5 Å². The number of nitrogens with zero attached hydrogens (tertiary/aromatic N) is 2. The van der Waals surface area contributed by atoms with Crippen LogP contribution in [0.2, 0.25) is 5.02 Å². The van der Waals surface area contributed by atoms with Crippen molar-refractivity contribution in [3.05, 3.63) is 76.9 Å². The average molecular weight is 378 g/mol. The van der Waals surface area contributed by atoms with E-state index in [1.165, 1.54) is 24.3 Å². The maximum Gasteiger partial charge on any atom is 0.387 e. The molecule has 8 heteroatoms. The number of amides is 1. The minimum absolute atomic E-state index is 0.0825. The van der Waals surface area contributed by atoms with Crippen molar-refractivity contribution in [2.75, 3.05) is 5.32 Å². The molecule has 0 aliphatic rings. The second-order valence-electron chi connectivity index (χ2n) is 5.39. The number of ether oxygens (including phenoxy) is 1. The average Bonchev–Trinajstić information content (AvgIpc) is 3.03. The van der Waals surface area contributed by atoms with Gasteiger partial charge in [-0.25, -0.2) is 0 Å². The predicted octanol–water partition coefficient (Wildman–Crippen LogP) is 4.44. The number of carbonyl (C=O) groups is 1. The van der Waals surface area contributed by atoms with Crippen LogP contribution in [0.15, 0.2) is 60.8 Å². The van der Waals surface area contributed by atoms with Crippen LogP contribution in [0.5, 0.6) is 5.75 Å². The highest BCUT2D eigenvalue weighted by molar-refractivity contribution is 6.30. The van der Waals surface area contributed by atoms with Crippen molar-refractivity contribution in [1.82, 2.24) is 9.78 Å². The number of hydrogen-bond donors (Lipinski definition) is 1. The van der Waals surface area contributed by atoms with Gasteiger partial charge in [0, 0.05) is 22.8 Å². The number of rotatable bonds is 6. The van der Waals surface area contributed by atoms with Gasteiger partial charge in [-0.3, -0.25) is 9.48 Å². The van der Waals surface area contributed by atoms with Crippen molar-refractivity contribution < 1.29 is 18.3 Å². The molecule has 0 bridgehead atoms. The van der Waals surface area contributed by atoms with Gasteiger partial charge in [-0.1, -0.05) is 29.8 Å². The first-order valence-electron chi connectivity index (χ1n) is 7.64. The van der Waals surface area contributed by atoms with Crippen LogP contribution in [0.1, 0.15) is 15.9 Å². The number of aromatic nitrogens is 2. The molecule has 0 saturated heterocycles. The summed E-state index contributed by atoms with van der Waals surface area (Å²) in [6.07, 6.45) is 1.72. The van der Waals surface area contributed by atoms with E-state index in [4.69, 9.17) is 11.6 Å². The summed E-state index contributed by atoms with van der Waals surface area (Å²) >= 11 is 5.85. The zero-order valence-corrected chi connectivity index (χ0v) is 14.2. The molecule has 3 rings (SSSR count). The summed E-state index contributed by atoms with van der Waals surface area (Å²) in [4.78, 5) is 12.2. The highest BCUT2D eigenvalue weighted by atomic mass is 35.5. The van der Waals surface area contributed by atoms with Crippen molar-refractivity contribution >= 4 is 23.3 Å². The van der Waals surface area contributed by atoms with Gasteiger partial charge in [-0.2, -0.15) is 13.9 Å². The summed E-state index contributed by atoms with van der Waals surface area (Å²) in [5.41, 5.74) is 1.20.